The maximum atomic E-state index is 12.4. The van der Waals surface area contributed by atoms with Crippen molar-refractivity contribution in [3.8, 4) is 0 Å². The highest BCUT2D eigenvalue weighted by Gasteiger charge is 2.28. The van der Waals surface area contributed by atoms with E-state index in [9.17, 15) is 13.6 Å². The summed E-state index contributed by atoms with van der Waals surface area (Å²) in [5.74, 6) is 1.70. The number of rotatable bonds is 9. The van der Waals surface area contributed by atoms with Crippen molar-refractivity contribution in [2.45, 2.75) is 57.9 Å². The summed E-state index contributed by atoms with van der Waals surface area (Å²) >= 11 is 1.58. The number of anilines is 1. The predicted octanol–water partition coefficient (Wildman–Crippen LogP) is 4.30. The number of aromatic nitrogens is 1. The van der Waals surface area contributed by atoms with Crippen molar-refractivity contribution in [3.05, 3.63) is 29.5 Å². The Kier molecular flexibility index (Phi) is 8.04. The summed E-state index contributed by atoms with van der Waals surface area (Å²) in [6.45, 7) is 7.12. The lowest BCUT2D eigenvalue weighted by molar-refractivity contribution is 0.198. The van der Waals surface area contributed by atoms with E-state index in [1.54, 1.807) is 11.5 Å². The average molecular weight is 480 g/mol. The van der Waals surface area contributed by atoms with Crippen molar-refractivity contribution in [2.75, 3.05) is 43.4 Å². The van der Waals surface area contributed by atoms with E-state index in [2.05, 4.69) is 34.1 Å². The highest BCUT2D eigenvalue weighted by Crippen LogP contribution is 2.32. The molecule has 0 radical (unpaired) electrons. The Bertz CT molecular complexity index is 965. The molecule has 0 N–H and O–H groups in total. The molecule has 1 saturated carbocycles. The van der Waals surface area contributed by atoms with Gasteiger partial charge in [-0.15, -0.1) is 0 Å². The zero-order valence-electron chi connectivity index (χ0n) is 19.0. The van der Waals surface area contributed by atoms with Crippen molar-refractivity contribution in [3.63, 3.8) is 0 Å². The smallest absolute Gasteiger partial charge is 0.203 e. The summed E-state index contributed by atoms with van der Waals surface area (Å²) in [6, 6.07) is 8.08. The third-order valence-corrected chi connectivity index (χ3v) is 9.50. The molecule has 0 amide bonds. The number of hydroxylamine groups is 1. The monoisotopic (exact) mass is 479 g/mol. The molecule has 1 aliphatic carbocycles. The molecule has 4 rings (SSSR count). The van der Waals surface area contributed by atoms with Crippen LogP contribution in [0.15, 0.2) is 24.3 Å². The van der Waals surface area contributed by atoms with Crippen molar-refractivity contribution in [2.24, 2.45) is 5.92 Å². The van der Waals surface area contributed by atoms with Crippen molar-refractivity contribution in [1.82, 2.24) is 13.7 Å². The maximum Gasteiger partial charge on any atom is 0.203 e. The molecule has 1 aromatic heterocycles. The second kappa shape index (κ2) is 10.8. The highest BCUT2D eigenvalue weighted by atomic mass is 32.2. The SMILES string of the molecule is CCCCS(=O)(=O)N([O-])C1CCC(CCN2CCN(c3nsc4ccccc34)CC2)CC1. The number of fused-ring (bicyclic) bond motifs is 1. The highest BCUT2D eigenvalue weighted by molar-refractivity contribution is 7.89. The van der Waals surface area contributed by atoms with Gasteiger partial charge in [0.1, 0.15) is 5.82 Å². The molecule has 9 heteroatoms. The van der Waals surface area contributed by atoms with Gasteiger partial charge in [0.15, 0.2) is 0 Å². The van der Waals surface area contributed by atoms with Crippen molar-refractivity contribution >= 4 is 37.5 Å². The summed E-state index contributed by atoms with van der Waals surface area (Å²) in [5.41, 5.74) is 0. The average Bonchev–Trinajstić information content (AvgIpc) is 3.26. The molecule has 0 atom stereocenters. The third kappa shape index (κ3) is 5.62. The van der Waals surface area contributed by atoms with Gasteiger partial charge in [0.25, 0.3) is 0 Å². The zero-order chi connectivity index (χ0) is 22.6. The fraction of sp³-hybridized carbons (Fsp3) is 0.696. The summed E-state index contributed by atoms with van der Waals surface area (Å²) in [4.78, 5) is 4.94. The normalized spacial score (nSPS) is 23.3. The van der Waals surface area contributed by atoms with E-state index in [1.807, 2.05) is 6.92 Å². The van der Waals surface area contributed by atoms with Crippen LogP contribution in [0, 0.1) is 11.1 Å². The van der Waals surface area contributed by atoms with Crippen LogP contribution in [-0.4, -0.2) is 66.7 Å². The van der Waals surface area contributed by atoms with E-state index in [4.69, 9.17) is 4.37 Å². The lowest BCUT2D eigenvalue weighted by Crippen LogP contribution is -2.47. The minimum absolute atomic E-state index is 0.0183. The molecule has 2 aromatic rings. The largest absolute Gasteiger partial charge is 0.772 e. The molecule has 0 spiro atoms. The van der Waals surface area contributed by atoms with Crippen molar-refractivity contribution < 1.29 is 8.42 Å². The van der Waals surface area contributed by atoms with E-state index in [0.29, 0.717) is 29.6 Å². The number of sulfonamides is 1. The lowest BCUT2D eigenvalue weighted by atomic mass is 9.84. The van der Waals surface area contributed by atoms with E-state index >= 15 is 0 Å². The first-order valence-electron chi connectivity index (χ1n) is 12.0. The van der Waals surface area contributed by atoms with Crippen LogP contribution in [0.4, 0.5) is 5.82 Å². The van der Waals surface area contributed by atoms with Crippen LogP contribution in [-0.2, 0) is 10.0 Å². The van der Waals surface area contributed by atoms with Crippen LogP contribution < -0.4 is 4.90 Å². The third-order valence-electron chi connectivity index (χ3n) is 7.03. The molecule has 1 aliphatic heterocycles. The minimum Gasteiger partial charge on any atom is -0.772 e. The van der Waals surface area contributed by atoms with Gasteiger partial charge in [-0.2, -0.15) is 4.37 Å². The number of unbranched alkanes of at least 4 members (excludes halogenated alkanes) is 1. The lowest BCUT2D eigenvalue weighted by Gasteiger charge is -2.40. The van der Waals surface area contributed by atoms with Gasteiger partial charge in [-0.05, 0) is 74.7 Å². The molecule has 1 aromatic carbocycles. The van der Waals surface area contributed by atoms with E-state index in [-0.39, 0.29) is 11.8 Å². The number of piperazine rings is 1. The zero-order valence-corrected chi connectivity index (χ0v) is 20.6. The Morgan fingerprint density at radius 3 is 2.56 bits per heavy atom. The Hall–Kier alpha value is -1.26. The van der Waals surface area contributed by atoms with E-state index < -0.39 is 10.0 Å². The van der Waals surface area contributed by atoms with Crippen LogP contribution in [0.25, 0.3) is 10.1 Å². The Morgan fingerprint density at radius 2 is 1.84 bits per heavy atom. The van der Waals surface area contributed by atoms with Gasteiger partial charge in [-0.25, -0.2) is 8.42 Å². The first-order valence-corrected chi connectivity index (χ1v) is 14.4. The van der Waals surface area contributed by atoms with Crippen molar-refractivity contribution in [1.29, 1.82) is 0 Å². The van der Waals surface area contributed by atoms with Crippen LogP contribution in [0.1, 0.15) is 51.9 Å². The minimum atomic E-state index is -3.65. The quantitative estimate of drug-likeness (QED) is 0.499. The van der Waals surface area contributed by atoms with Crippen LogP contribution in [0.3, 0.4) is 0 Å². The first-order chi connectivity index (χ1) is 15.5. The van der Waals surface area contributed by atoms with Gasteiger partial charge >= 0.3 is 0 Å². The second-order valence-corrected chi connectivity index (χ2v) is 12.0. The summed E-state index contributed by atoms with van der Waals surface area (Å²) in [7, 11) is -3.65. The number of nitrogens with zero attached hydrogens (tertiary/aromatic N) is 4. The molecular weight excluding hydrogens is 444 g/mol. The molecule has 0 bridgehead atoms. The molecule has 7 nitrogen and oxygen atoms in total. The maximum absolute atomic E-state index is 12.4. The Morgan fingerprint density at radius 1 is 1.12 bits per heavy atom. The molecule has 178 valence electrons. The van der Waals surface area contributed by atoms with E-state index in [0.717, 1.165) is 64.2 Å². The Balaban J connectivity index is 1.18. The van der Waals surface area contributed by atoms with E-state index in [1.165, 1.54) is 10.1 Å². The summed E-state index contributed by atoms with van der Waals surface area (Å²) in [5, 5.41) is 13.6. The topological polar surface area (TPSA) is 79.8 Å². The number of benzene rings is 1. The van der Waals surface area contributed by atoms with Crippen LogP contribution in [0.5, 0.6) is 0 Å². The molecular formula is C23H35N4O3S2-. The molecule has 1 saturated heterocycles. The predicted molar refractivity (Wildman–Crippen MR) is 133 cm³/mol. The molecule has 2 aliphatic rings. The summed E-state index contributed by atoms with van der Waals surface area (Å²) in [6.07, 6.45) is 5.79. The molecule has 2 fully saturated rings. The van der Waals surface area contributed by atoms with Gasteiger partial charge < -0.3 is 10.1 Å². The number of hydrogen-bond donors (Lipinski definition) is 0. The van der Waals surface area contributed by atoms with Crippen LogP contribution in [0.2, 0.25) is 0 Å². The summed E-state index contributed by atoms with van der Waals surface area (Å²) < 4.78 is 30.7. The molecule has 32 heavy (non-hydrogen) atoms. The standard InChI is InChI=1S/C23H35N4O3S2/c1-2-3-18-32(29,30)27(28)20-10-8-19(9-11-20)12-13-25-14-16-26(17-15-25)23-21-6-4-5-7-22(21)31-24-23/h4-7,19-20H,2-3,8-18H2,1H3/q-1. The number of hydrogen-bond acceptors (Lipinski definition) is 7. The van der Waals surface area contributed by atoms with Crippen LogP contribution >= 0.6 is 11.5 Å². The second-order valence-electron chi connectivity index (χ2n) is 9.22. The van der Waals surface area contributed by atoms with Gasteiger partial charge in [-0.3, -0.25) is 9.37 Å². The van der Waals surface area contributed by atoms with Gasteiger partial charge in [0.05, 0.1) is 10.5 Å². The van der Waals surface area contributed by atoms with Gasteiger partial charge in [0.2, 0.25) is 10.0 Å². The molecule has 0 unspecified atom stereocenters. The van der Waals surface area contributed by atoms with Gasteiger partial charge in [0, 0.05) is 37.6 Å². The first kappa shape index (κ1) is 23.9. The Labute approximate surface area is 196 Å². The van der Waals surface area contributed by atoms with Gasteiger partial charge in [-0.1, -0.05) is 25.5 Å². The fourth-order valence-electron chi connectivity index (χ4n) is 4.94. The molecule has 2 heterocycles. The fourth-order valence-corrected chi connectivity index (χ4v) is 7.23.